The molecule has 0 aliphatic carbocycles. The summed E-state index contributed by atoms with van der Waals surface area (Å²) in [6, 6.07) is 21.6. The number of hydrogen-bond donors (Lipinski definition) is 1. The summed E-state index contributed by atoms with van der Waals surface area (Å²) in [7, 11) is -1.33. The first-order chi connectivity index (χ1) is 8.56. The molecule has 0 amide bonds. The summed E-state index contributed by atoms with van der Waals surface area (Å²) in [6.07, 6.45) is 0. The van der Waals surface area contributed by atoms with Crippen molar-refractivity contribution in [2.45, 2.75) is 26.3 Å². The van der Waals surface area contributed by atoms with E-state index in [9.17, 15) is 0 Å². The van der Waals surface area contributed by atoms with Gasteiger partial charge in [0, 0.05) is 5.54 Å². The van der Waals surface area contributed by atoms with Gasteiger partial charge in [0.1, 0.15) is 0 Å². The molecular formula is C16H21NSi. The van der Waals surface area contributed by atoms with E-state index in [0.717, 1.165) is 0 Å². The second-order valence-electron chi connectivity index (χ2n) is 5.65. The van der Waals surface area contributed by atoms with Gasteiger partial charge in [-0.2, -0.15) is 0 Å². The third kappa shape index (κ3) is 3.55. The van der Waals surface area contributed by atoms with E-state index in [-0.39, 0.29) is 5.54 Å². The van der Waals surface area contributed by atoms with Crippen molar-refractivity contribution in [3.8, 4) is 0 Å². The highest BCUT2D eigenvalue weighted by Crippen LogP contribution is 2.01. The minimum absolute atomic E-state index is 0.141. The largest absolute Gasteiger partial charge is 0.328 e. The summed E-state index contributed by atoms with van der Waals surface area (Å²) in [5, 5.41) is 2.89. The first-order valence-corrected chi connectivity index (χ1v) is 8.17. The smallest absolute Gasteiger partial charge is 0.173 e. The summed E-state index contributed by atoms with van der Waals surface area (Å²) in [5.74, 6) is 0. The molecule has 0 aliphatic rings. The quantitative estimate of drug-likeness (QED) is 0.826. The van der Waals surface area contributed by atoms with Crippen LogP contribution in [0.25, 0.3) is 0 Å². The van der Waals surface area contributed by atoms with Crippen LogP contribution in [0.3, 0.4) is 0 Å². The maximum Gasteiger partial charge on any atom is 0.173 e. The van der Waals surface area contributed by atoms with E-state index in [1.807, 2.05) is 0 Å². The summed E-state index contributed by atoms with van der Waals surface area (Å²) < 4.78 is 0. The lowest BCUT2D eigenvalue weighted by atomic mass is 10.1. The molecule has 0 aliphatic heterocycles. The zero-order chi connectivity index (χ0) is 13.0. The van der Waals surface area contributed by atoms with Crippen LogP contribution < -0.4 is 15.4 Å². The van der Waals surface area contributed by atoms with Gasteiger partial charge < -0.3 is 4.98 Å². The highest BCUT2D eigenvalue weighted by atomic mass is 28.3. The van der Waals surface area contributed by atoms with E-state index < -0.39 is 8.96 Å². The molecule has 1 nitrogen and oxygen atoms in total. The van der Waals surface area contributed by atoms with E-state index in [1.165, 1.54) is 10.4 Å². The van der Waals surface area contributed by atoms with E-state index in [1.54, 1.807) is 0 Å². The molecule has 0 fully saturated rings. The normalized spacial score (nSPS) is 11.8. The van der Waals surface area contributed by atoms with Crippen molar-refractivity contribution in [1.82, 2.24) is 4.98 Å². The molecule has 2 rings (SSSR count). The summed E-state index contributed by atoms with van der Waals surface area (Å²) in [4.78, 5) is 3.83. The topological polar surface area (TPSA) is 12.0 Å². The first kappa shape index (κ1) is 13.1. The summed E-state index contributed by atoms with van der Waals surface area (Å²) in [5.41, 5.74) is 0.141. The van der Waals surface area contributed by atoms with Gasteiger partial charge in [-0.25, -0.2) is 0 Å². The van der Waals surface area contributed by atoms with E-state index in [4.69, 9.17) is 0 Å². The van der Waals surface area contributed by atoms with Gasteiger partial charge in [0.15, 0.2) is 8.96 Å². The lowest BCUT2D eigenvalue weighted by Crippen LogP contribution is -2.60. The van der Waals surface area contributed by atoms with Crippen LogP contribution in [0, 0.1) is 0 Å². The Balaban J connectivity index is 2.36. The lowest BCUT2D eigenvalue weighted by molar-refractivity contribution is 0.522. The molecule has 0 saturated carbocycles. The van der Waals surface area contributed by atoms with Gasteiger partial charge in [0.05, 0.1) is 0 Å². The molecule has 0 aromatic heterocycles. The maximum atomic E-state index is 3.83. The molecule has 2 aromatic rings. The minimum atomic E-state index is -1.33. The average Bonchev–Trinajstić information content (AvgIpc) is 2.37. The van der Waals surface area contributed by atoms with Gasteiger partial charge in [-0.15, -0.1) is 0 Å². The number of nitrogens with one attached hydrogen (secondary N) is 1. The van der Waals surface area contributed by atoms with E-state index >= 15 is 0 Å². The van der Waals surface area contributed by atoms with Crippen LogP contribution in [-0.4, -0.2) is 14.5 Å². The Hall–Kier alpha value is -1.38. The second-order valence-corrected chi connectivity index (χ2v) is 8.14. The minimum Gasteiger partial charge on any atom is -0.328 e. The summed E-state index contributed by atoms with van der Waals surface area (Å²) in [6.45, 7) is 6.70. The second kappa shape index (κ2) is 5.51. The predicted octanol–water partition coefficient (Wildman–Crippen LogP) is 1.91. The van der Waals surface area contributed by atoms with Gasteiger partial charge in [0.2, 0.25) is 0 Å². The van der Waals surface area contributed by atoms with Crippen LogP contribution in [0.4, 0.5) is 0 Å². The molecule has 0 unspecified atom stereocenters. The van der Waals surface area contributed by atoms with Crippen LogP contribution >= 0.6 is 0 Å². The molecule has 0 atom stereocenters. The molecule has 0 radical (unpaired) electrons. The molecule has 18 heavy (non-hydrogen) atoms. The van der Waals surface area contributed by atoms with Crippen LogP contribution in [0.15, 0.2) is 60.7 Å². The molecule has 2 heteroatoms. The Morgan fingerprint density at radius 2 is 1.11 bits per heavy atom. The predicted molar refractivity (Wildman–Crippen MR) is 82.2 cm³/mol. The number of rotatable bonds is 3. The van der Waals surface area contributed by atoms with Crippen LogP contribution in [0.5, 0.6) is 0 Å². The molecule has 2 aromatic carbocycles. The third-order valence-corrected chi connectivity index (χ3v) is 6.10. The highest BCUT2D eigenvalue weighted by molar-refractivity contribution is 6.83. The van der Waals surface area contributed by atoms with Crippen LogP contribution in [0.1, 0.15) is 20.8 Å². The van der Waals surface area contributed by atoms with Gasteiger partial charge in [-0.3, -0.25) is 0 Å². The van der Waals surface area contributed by atoms with Crippen LogP contribution in [0.2, 0.25) is 0 Å². The average molecular weight is 255 g/mol. The Bertz CT molecular complexity index is 434. The van der Waals surface area contributed by atoms with E-state index in [0.29, 0.717) is 0 Å². The molecule has 1 N–H and O–H groups in total. The van der Waals surface area contributed by atoms with Gasteiger partial charge >= 0.3 is 0 Å². The van der Waals surface area contributed by atoms with E-state index in [2.05, 4.69) is 86.4 Å². The molecular weight excluding hydrogens is 234 g/mol. The zero-order valence-electron chi connectivity index (χ0n) is 11.4. The summed E-state index contributed by atoms with van der Waals surface area (Å²) >= 11 is 0. The zero-order valence-corrected chi connectivity index (χ0v) is 12.5. The Labute approximate surface area is 112 Å². The van der Waals surface area contributed by atoms with Crippen molar-refractivity contribution in [2.24, 2.45) is 0 Å². The maximum absolute atomic E-state index is 3.83. The van der Waals surface area contributed by atoms with Crippen molar-refractivity contribution in [2.75, 3.05) is 0 Å². The fraction of sp³-hybridized carbons (Fsp3) is 0.250. The van der Waals surface area contributed by atoms with Gasteiger partial charge in [0.25, 0.3) is 0 Å². The fourth-order valence-corrected chi connectivity index (χ4v) is 4.88. The highest BCUT2D eigenvalue weighted by Gasteiger charge is 2.21. The molecule has 94 valence electrons. The first-order valence-electron chi connectivity index (χ1n) is 6.44. The van der Waals surface area contributed by atoms with Crippen molar-refractivity contribution in [1.29, 1.82) is 0 Å². The number of hydrogen-bond acceptors (Lipinski definition) is 1. The van der Waals surface area contributed by atoms with Gasteiger partial charge in [-0.1, -0.05) is 60.7 Å². The Morgan fingerprint density at radius 3 is 1.44 bits per heavy atom. The molecule has 0 heterocycles. The van der Waals surface area contributed by atoms with Gasteiger partial charge in [-0.05, 0) is 31.1 Å². The van der Waals surface area contributed by atoms with Crippen molar-refractivity contribution < 1.29 is 0 Å². The Kier molecular flexibility index (Phi) is 3.99. The van der Waals surface area contributed by atoms with Crippen molar-refractivity contribution >= 4 is 19.3 Å². The SMILES string of the molecule is CC(C)(C)N[SiH](c1ccccc1)c1ccccc1. The Morgan fingerprint density at radius 1 is 0.722 bits per heavy atom. The molecule has 0 spiro atoms. The molecule has 0 saturated heterocycles. The van der Waals surface area contributed by atoms with Crippen LogP contribution in [-0.2, 0) is 0 Å². The lowest BCUT2D eigenvalue weighted by Gasteiger charge is -2.28. The monoisotopic (exact) mass is 255 g/mol. The third-order valence-electron chi connectivity index (χ3n) is 2.84. The fourth-order valence-electron chi connectivity index (χ4n) is 2.08. The number of benzene rings is 2. The molecule has 0 bridgehead atoms. The van der Waals surface area contributed by atoms with Crippen molar-refractivity contribution in [3.05, 3.63) is 60.7 Å². The standard InChI is InChI=1S/C16H21NSi/c1-16(2,3)17-18(14-10-6-4-7-11-14)15-12-8-5-9-13-15/h4-13,17-18H,1-3H3. The van der Waals surface area contributed by atoms with Crippen molar-refractivity contribution in [3.63, 3.8) is 0 Å².